The van der Waals surface area contributed by atoms with Crippen molar-refractivity contribution >= 4 is 15.5 Å². The molecular weight excluding hydrogens is 262 g/mol. The second-order valence-corrected chi connectivity index (χ2v) is 6.11. The molecule has 1 rings (SSSR count). The van der Waals surface area contributed by atoms with E-state index in [1.165, 1.54) is 18.2 Å². The molecule has 0 radical (unpaired) electrons. The van der Waals surface area contributed by atoms with Crippen molar-refractivity contribution in [2.45, 2.75) is 11.4 Å². The van der Waals surface area contributed by atoms with Crippen molar-refractivity contribution in [3.8, 4) is 0 Å². The van der Waals surface area contributed by atoms with Crippen molar-refractivity contribution in [3.05, 3.63) is 39.9 Å². The van der Waals surface area contributed by atoms with Gasteiger partial charge in [0.1, 0.15) is 5.25 Å². The van der Waals surface area contributed by atoms with Crippen molar-refractivity contribution < 1.29 is 23.6 Å². The Bertz CT molecular complexity index is 541. The Kier molecular flexibility index (Phi) is 4.38. The van der Waals surface area contributed by atoms with E-state index in [-0.39, 0.29) is 11.3 Å². The second-order valence-electron chi connectivity index (χ2n) is 3.85. The summed E-state index contributed by atoms with van der Waals surface area (Å²) in [6.07, 6.45) is -0.626. The number of nitrogens with zero attached hydrogens (tertiary/aromatic N) is 1. The number of aliphatic hydroxyl groups is 2. The molecule has 0 aliphatic rings. The number of aliphatic hydroxyl groups excluding tert-OH is 2. The van der Waals surface area contributed by atoms with Crippen LogP contribution in [0.25, 0.3) is 0 Å². The maximum absolute atomic E-state index is 11.3. The van der Waals surface area contributed by atoms with Gasteiger partial charge in [-0.1, -0.05) is 12.1 Å². The van der Waals surface area contributed by atoms with Crippen LogP contribution in [0.4, 0.5) is 5.69 Å². The topological polar surface area (TPSA) is 118 Å². The predicted molar refractivity (Wildman–Crippen MR) is 63.8 cm³/mol. The van der Waals surface area contributed by atoms with Gasteiger partial charge >= 0.3 is 0 Å². The summed E-state index contributed by atoms with van der Waals surface area (Å²) in [5.74, 6) is 0. The van der Waals surface area contributed by atoms with Crippen LogP contribution >= 0.6 is 0 Å². The minimum Gasteiger partial charge on any atom is -0.395 e. The first-order valence-corrected chi connectivity index (χ1v) is 6.95. The highest BCUT2D eigenvalue weighted by Crippen LogP contribution is 2.24. The van der Waals surface area contributed by atoms with E-state index in [0.29, 0.717) is 0 Å². The lowest BCUT2D eigenvalue weighted by atomic mass is 10.1. The molecule has 0 saturated heterocycles. The van der Waals surface area contributed by atoms with Gasteiger partial charge in [0.05, 0.1) is 17.6 Å². The number of non-ortho nitro benzene ring substituents is 1. The Hall–Kier alpha value is -1.51. The Balaban J connectivity index is 3.13. The van der Waals surface area contributed by atoms with E-state index in [9.17, 15) is 23.6 Å². The van der Waals surface area contributed by atoms with E-state index in [4.69, 9.17) is 5.11 Å². The lowest BCUT2D eigenvalue weighted by Crippen LogP contribution is -2.31. The van der Waals surface area contributed by atoms with E-state index in [2.05, 4.69) is 0 Å². The standard InChI is InChI=1S/C10H13NO6S/c1-18(16,17)9(6-12)10(13)7-3-2-4-8(5-7)11(14)15/h2-5,9-10,12-13H,6H2,1H3/t9-,10+/m1/s1. The molecule has 7 nitrogen and oxygen atoms in total. The minimum atomic E-state index is -3.67. The number of sulfone groups is 1. The van der Waals surface area contributed by atoms with Crippen LogP contribution in [0.15, 0.2) is 24.3 Å². The third-order valence-corrected chi connectivity index (χ3v) is 4.01. The molecule has 0 fully saturated rings. The van der Waals surface area contributed by atoms with Gasteiger partial charge in [0, 0.05) is 18.4 Å². The third kappa shape index (κ3) is 3.25. The summed E-state index contributed by atoms with van der Waals surface area (Å²) in [5.41, 5.74) is -0.176. The number of hydrogen-bond acceptors (Lipinski definition) is 6. The fourth-order valence-electron chi connectivity index (χ4n) is 1.51. The molecule has 8 heteroatoms. The molecule has 0 saturated carbocycles. The number of rotatable bonds is 5. The first-order chi connectivity index (χ1) is 8.27. The van der Waals surface area contributed by atoms with Crippen LogP contribution in [-0.4, -0.2) is 41.7 Å². The van der Waals surface area contributed by atoms with Crippen molar-refractivity contribution in [2.24, 2.45) is 0 Å². The summed E-state index contributed by atoms with van der Waals surface area (Å²) in [5, 5.41) is 28.0. The molecule has 0 unspecified atom stereocenters. The van der Waals surface area contributed by atoms with Gasteiger partial charge in [-0.05, 0) is 5.56 Å². The highest BCUT2D eigenvalue weighted by molar-refractivity contribution is 7.91. The number of nitro benzene ring substituents is 1. The highest BCUT2D eigenvalue weighted by Gasteiger charge is 2.30. The third-order valence-electron chi connectivity index (χ3n) is 2.50. The second kappa shape index (κ2) is 5.42. The smallest absolute Gasteiger partial charge is 0.269 e. The predicted octanol–water partition coefficient (Wildman–Crippen LogP) is 0.0337. The Morgan fingerprint density at radius 2 is 2.06 bits per heavy atom. The van der Waals surface area contributed by atoms with E-state index in [0.717, 1.165) is 12.3 Å². The van der Waals surface area contributed by atoms with Gasteiger partial charge in [-0.15, -0.1) is 0 Å². The van der Waals surface area contributed by atoms with Gasteiger partial charge in [-0.3, -0.25) is 10.1 Å². The normalized spacial score (nSPS) is 15.1. The molecular formula is C10H13NO6S. The summed E-state index contributed by atoms with van der Waals surface area (Å²) in [4.78, 5) is 9.92. The molecule has 2 N–H and O–H groups in total. The fraction of sp³-hybridized carbons (Fsp3) is 0.400. The lowest BCUT2D eigenvalue weighted by molar-refractivity contribution is -0.385. The Labute approximate surface area is 104 Å². The number of hydrogen-bond donors (Lipinski definition) is 2. The minimum absolute atomic E-state index is 0.0775. The molecule has 0 aromatic heterocycles. The zero-order valence-electron chi connectivity index (χ0n) is 9.55. The van der Waals surface area contributed by atoms with Crippen LogP contribution in [-0.2, 0) is 9.84 Å². The summed E-state index contributed by atoms with van der Waals surface area (Å²) in [6.45, 7) is -0.761. The lowest BCUT2D eigenvalue weighted by Gasteiger charge is -2.19. The van der Waals surface area contributed by atoms with Gasteiger partial charge in [0.15, 0.2) is 9.84 Å². The van der Waals surface area contributed by atoms with Crippen molar-refractivity contribution in [1.29, 1.82) is 0 Å². The summed E-state index contributed by atoms with van der Waals surface area (Å²) in [6, 6.07) is 5.02. The van der Waals surface area contributed by atoms with E-state index < -0.39 is 32.7 Å². The molecule has 0 amide bonds. The molecule has 0 spiro atoms. The zero-order chi connectivity index (χ0) is 13.9. The van der Waals surface area contributed by atoms with E-state index in [1.807, 2.05) is 0 Å². The molecule has 0 aliphatic heterocycles. The first kappa shape index (κ1) is 14.6. The van der Waals surface area contributed by atoms with Gasteiger partial charge in [-0.2, -0.15) is 0 Å². The quantitative estimate of drug-likeness (QED) is 0.578. The van der Waals surface area contributed by atoms with Crippen LogP contribution < -0.4 is 0 Å². The Morgan fingerprint density at radius 3 is 2.50 bits per heavy atom. The van der Waals surface area contributed by atoms with E-state index in [1.54, 1.807) is 0 Å². The SMILES string of the molecule is CS(=O)(=O)[C@H](CO)[C@@H](O)c1cccc([N+](=O)[O-])c1. The molecule has 0 heterocycles. The average molecular weight is 275 g/mol. The fourth-order valence-corrected chi connectivity index (χ4v) is 2.40. The molecule has 1 aromatic carbocycles. The van der Waals surface area contributed by atoms with Crippen LogP contribution in [0.3, 0.4) is 0 Å². The molecule has 0 bridgehead atoms. The van der Waals surface area contributed by atoms with Crippen molar-refractivity contribution in [1.82, 2.24) is 0 Å². The Morgan fingerprint density at radius 1 is 1.44 bits per heavy atom. The molecule has 100 valence electrons. The summed E-state index contributed by atoms with van der Waals surface area (Å²) in [7, 11) is -3.67. The molecule has 1 aromatic rings. The van der Waals surface area contributed by atoms with Gasteiger partial charge in [0.2, 0.25) is 0 Å². The largest absolute Gasteiger partial charge is 0.395 e. The average Bonchev–Trinajstić information content (AvgIpc) is 2.28. The maximum Gasteiger partial charge on any atom is 0.269 e. The van der Waals surface area contributed by atoms with Gasteiger partial charge in [0.25, 0.3) is 5.69 Å². The molecule has 18 heavy (non-hydrogen) atoms. The molecule has 0 aliphatic carbocycles. The number of nitro groups is 1. The highest BCUT2D eigenvalue weighted by atomic mass is 32.2. The molecule has 2 atom stereocenters. The summed E-state index contributed by atoms with van der Waals surface area (Å²) >= 11 is 0. The van der Waals surface area contributed by atoms with Crippen molar-refractivity contribution in [3.63, 3.8) is 0 Å². The summed E-state index contributed by atoms with van der Waals surface area (Å²) < 4.78 is 22.7. The zero-order valence-corrected chi connectivity index (χ0v) is 10.4. The van der Waals surface area contributed by atoms with Gasteiger partial charge < -0.3 is 10.2 Å². The van der Waals surface area contributed by atoms with Crippen LogP contribution in [0.2, 0.25) is 0 Å². The first-order valence-electron chi connectivity index (χ1n) is 4.99. The number of benzene rings is 1. The van der Waals surface area contributed by atoms with Crippen LogP contribution in [0.1, 0.15) is 11.7 Å². The van der Waals surface area contributed by atoms with E-state index >= 15 is 0 Å². The monoisotopic (exact) mass is 275 g/mol. The van der Waals surface area contributed by atoms with Gasteiger partial charge in [-0.25, -0.2) is 8.42 Å². The maximum atomic E-state index is 11.3. The van der Waals surface area contributed by atoms with Crippen molar-refractivity contribution in [2.75, 3.05) is 12.9 Å². The van der Waals surface area contributed by atoms with Crippen LogP contribution in [0, 0.1) is 10.1 Å². The van der Waals surface area contributed by atoms with Crippen LogP contribution in [0.5, 0.6) is 0 Å².